The van der Waals surface area contributed by atoms with E-state index >= 15 is 0 Å². The van der Waals surface area contributed by atoms with Crippen LogP contribution in [0.15, 0.2) is 64.0 Å². The molecule has 0 aliphatic carbocycles. The van der Waals surface area contributed by atoms with Gasteiger partial charge in [0.25, 0.3) is 5.91 Å². The molecule has 3 aromatic rings. The Labute approximate surface area is 169 Å². The number of amides is 1. The van der Waals surface area contributed by atoms with Gasteiger partial charge in [-0.1, -0.05) is 35.5 Å². The normalized spacial score (nSPS) is 10.8. The van der Waals surface area contributed by atoms with Crippen LogP contribution in [0, 0.1) is 6.92 Å². The van der Waals surface area contributed by atoms with Crippen molar-refractivity contribution in [2.75, 3.05) is 19.6 Å². The average molecular weight is 397 g/mol. The quantitative estimate of drug-likeness (QED) is 0.559. The van der Waals surface area contributed by atoms with E-state index < -0.39 is 0 Å². The second-order valence-corrected chi connectivity index (χ2v) is 7.41. The first-order valence-corrected chi connectivity index (χ1v) is 10.2. The van der Waals surface area contributed by atoms with E-state index in [9.17, 15) is 4.79 Å². The van der Waals surface area contributed by atoms with Gasteiger partial charge in [-0.2, -0.15) is 4.98 Å². The van der Waals surface area contributed by atoms with E-state index in [-0.39, 0.29) is 5.91 Å². The van der Waals surface area contributed by atoms with Crippen molar-refractivity contribution in [1.82, 2.24) is 15.0 Å². The third-order valence-corrected chi connectivity index (χ3v) is 5.23. The zero-order chi connectivity index (χ0) is 19.8. The molecule has 0 unspecified atom stereocenters. The largest absolute Gasteiger partial charge is 0.338 e. The van der Waals surface area contributed by atoms with Gasteiger partial charge < -0.3 is 15.2 Å². The summed E-state index contributed by atoms with van der Waals surface area (Å²) in [5.41, 5.74) is 7.59. The number of aromatic nitrogens is 2. The lowest BCUT2D eigenvalue weighted by atomic mass is 10.1. The van der Waals surface area contributed by atoms with Crippen LogP contribution in [0.1, 0.15) is 27.6 Å². The number of aryl methyl sites for hydroxylation is 1. The Balaban J connectivity index is 1.58. The van der Waals surface area contributed by atoms with Crippen LogP contribution in [0.25, 0.3) is 0 Å². The molecule has 0 aliphatic heterocycles. The summed E-state index contributed by atoms with van der Waals surface area (Å²) >= 11 is 1.59. The Morgan fingerprint density at radius 3 is 2.50 bits per heavy atom. The van der Waals surface area contributed by atoms with E-state index in [4.69, 9.17) is 10.3 Å². The summed E-state index contributed by atoms with van der Waals surface area (Å²) in [4.78, 5) is 19.9. The highest BCUT2D eigenvalue weighted by Crippen LogP contribution is 2.22. The van der Waals surface area contributed by atoms with Gasteiger partial charge >= 0.3 is 0 Å². The fourth-order valence-corrected chi connectivity index (χ4v) is 3.54. The SMILES string of the molecule is Cc1noc(CSc2ccc(C(=O)N(CCN)CCc3ccccc3)cc2)n1. The number of nitrogens with zero attached hydrogens (tertiary/aromatic N) is 3. The van der Waals surface area contributed by atoms with Crippen molar-refractivity contribution in [3.05, 3.63) is 77.4 Å². The number of hydrogen-bond acceptors (Lipinski definition) is 6. The monoisotopic (exact) mass is 396 g/mol. The molecule has 0 bridgehead atoms. The summed E-state index contributed by atoms with van der Waals surface area (Å²) in [6.07, 6.45) is 0.810. The van der Waals surface area contributed by atoms with Crippen LogP contribution in [-0.4, -0.2) is 40.6 Å². The van der Waals surface area contributed by atoms with Crippen molar-refractivity contribution in [3.63, 3.8) is 0 Å². The van der Waals surface area contributed by atoms with Crippen LogP contribution >= 0.6 is 11.8 Å². The first-order chi connectivity index (χ1) is 13.7. The predicted octanol–water partition coefficient (Wildman–Crippen LogP) is 3.31. The molecule has 0 radical (unpaired) electrons. The van der Waals surface area contributed by atoms with E-state index in [0.29, 0.717) is 42.7 Å². The third-order valence-electron chi connectivity index (χ3n) is 4.23. The van der Waals surface area contributed by atoms with E-state index in [1.54, 1.807) is 18.7 Å². The van der Waals surface area contributed by atoms with E-state index in [1.807, 2.05) is 47.4 Å². The molecule has 28 heavy (non-hydrogen) atoms. The van der Waals surface area contributed by atoms with Crippen LogP contribution in [0.5, 0.6) is 0 Å². The molecule has 1 amide bonds. The van der Waals surface area contributed by atoms with Gasteiger partial charge in [-0.3, -0.25) is 4.79 Å². The Hall–Kier alpha value is -2.64. The fourth-order valence-electron chi connectivity index (χ4n) is 2.80. The highest BCUT2D eigenvalue weighted by molar-refractivity contribution is 7.98. The average Bonchev–Trinajstić information content (AvgIpc) is 3.15. The van der Waals surface area contributed by atoms with E-state index in [1.165, 1.54) is 5.56 Å². The molecular formula is C21H24N4O2S. The lowest BCUT2D eigenvalue weighted by molar-refractivity contribution is 0.0762. The zero-order valence-corrected chi connectivity index (χ0v) is 16.7. The highest BCUT2D eigenvalue weighted by atomic mass is 32.2. The number of carbonyl (C=O) groups excluding carboxylic acids is 1. The molecular weight excluding hydrogens is 372 g/mol. The summed E-state index contributed by atoms with van der Waals surface area (Å²) in [6.45, 7) is 3.42. The maximum Gasteiger partial charge on any atom is 0.253 e. The Morgan fingerprint density at radius 1 is 1.11 bits per heavy atom. The van der Waals surface area contributed by atoms with Crippen molar-refractivity contribution in [2.24, 2.45) is 5.73 Å². The van der Waals surface area contributed by atoms with Crippen LogP contribution in [0.2, 0.25) is 0 Å². The molecule has 2 aromatic carbocycles. The molecule has 0 saturated heterocycles. The van der Waals surface area contributed by atoms with Crippen molar-refractivity contribution < 1.29 is 9.32 Å². The second-order valence-electron chi connectivity index (χ2n) is 6.36. The molecule has 3 rings (SSSR count). The van der Waals surface area contributed by atoms with E-state index in [0.717, 1.165) is 11.3 Å². The molecule has 0 fully saturated rings. The summed E-state index contributed by atoms with van der Waals surface area (Å²) in [5, 5.41) is 3.78. The summed E-state index contributed by atoms with van der Waals surface area (Å²) < 4.78 is 5.12. The van der Waals surface area contributed by atoms with Crippen molar-refractivity contribution in [2.45, 2.75) is 24.0 Å². The smallest absolute Gasteiger partial charge is 0.253 e. The van der Waals surface area contributed by atoms with Gasteiger partial charge in [-0.15, -0.1) is 11.8 Å². The van der Waals surface area contributed by atoms with Crippen LogP contribution in [0.4, 0.5) is 0 Å². The van der Waals surface area contributed by atoms with Crippen molar-refractivity contribution in [1.29, 1.82) is 0 Å². The Kier molecular flexibility index (Phi) is 7.22. The molecule has 6 nitrogen and oxygen atoms in total. The molecule has 7 heteroatoms. The topological polar surface area (TPSA) is 85.2 Å². The number of nitrogens with two attached hydrogens (primary N) is 1. The zero-order valence-electron chi connectivity index (χ0n) is 15.9. The molecule has 0 spiro atoms. The summed E-state index contributed by atoms with van der Waals surface area (Å²) in [6, 6.07) is 17.8. The molecule has 1 aromatic heterocycles. The van der Waals surface area contributed by atoms with Gasteiger partial charge in [0.05, 0.1) is 5.75 Å². The fraction of sp³-hybridized carbons (Fsp3) is 0.286. The molecule has 2 N–H and O–H groups in total. The minimum atomic E-state index is 0.00505. The number of rotatable bonds is 9. The van der Waals surface area contributed by atoms with Crippen molar-refractivity contribution >= 4 is 17.7 Å². The summed E-state index contributed by atoms with van der Waals surface area (Å²) in [5.74, 6) is 1.83. The van der Waals surface area contributed by atoms with Gasteiger partial charge in [-0.25, -0.2) is 0 Å². The van der Waals surface area contributed by atoms with E-state index in [2.05, 4.69) is 22.3 Å². The molecule has 146 valence electrons. The number of hydrogen-bond donors (Lipinski definition) is 1. The molecule has 0 aliphatic rings. The van der Waals surface area contributed by atoms with Crippen molar-refractivity contribution in [3.8, 4) is 0 Å². The maximum atomic E-state index is 12.9. The maximum absolute atomic E-state index is 12.9. The predicted molar refractivity (Wildman–Crippen MR) is 110 cm³/mol. The van der Waals surface area contributed by atoms with Crippen LogP contribution in [0.3, 0.4) is 0 Å². The molecule has 1 heterocycles. The minimum Gasteiger partial charge on any atom is -0.338 e. The highest BCUT2D eigenvalue weighted by Gasteiger charge is 2.15. The van der Waals surface area contributed by atoms with Gasteiger partial charge in [0, 0.05) is 30.1 Å². The minimum absolute atomic E-state index is 0.00505. The van der Waals surface area contributed by atoms with Gasteiger partial charge in [0.15, 0.2) is 5.82 Å². The number of thioether (sulfide) groups is 1. The van der Waals surface area contributed by atoms with Crippen LogP contribution in [-0.2, 0) is 12.2 Å². The number of benzene rings is 2. The number of carbonyl (C=O) groups is 1. The Morgan fingerprint density at radius 2 is 1.86 bits per heavy atom. The standard InChI is InChI=1S/C21H24N4O2S/c1-16-23-20(27-24-16)15-28-19-9-7-18(8-10-19)21(26)25(14-12-22)13-11-17-5-3-2-4-6-17/h2-10H,11-15,22H2,1H3. The van der Waals surface area contributed by atoms with Gasteiger partial charge in [0.1, 0.15) is 0 Å². The third kappa shape index (κ3) is 5.68. The summed E-state index contributed by atoms with van der Waals surface area (Å²) in [7, 11) is 0. The van der Waals surface area contributed by atoms with Gasteiger partial charge in [-0.05, 0) is 43.2 Å². The van der Waals surface area contributed by atoms with Gasteiger partial charge in [0.2, 0.25) is 5.89 Å². The molecule has 0 saturated carbocycles. The second kappa shape index (κ2) is 10.1. The lowest BCUT2D eigenvalue weighted by Gasteiger charge is -2.22. The lowest BCUT2D eigenvalue weighted by Crippen LogP contribution is -2.36. The first kappa shape index (κ1) is 20.1. The molecule has 0 atom stereocenters. The Bertz CT molecular complexity index is 881. The van der Waals surface area contributed by atoms with Crippen LogP contribution < -0.4 is 5.73 Å². The first-order valence-electron chi connectivity index (χ1n) is 9.21.